The lowest BCUT2D eigenvalue weighted by atomic mass is 10.3. The standard InChI is InChI=1S/C12H24N4O2/c1-2-4-14-9-12(18)16-6-3-5-15(7-8-16)10-11(13)17/h14H,2-10H2,1H3,(H2,13,17). The number of nitrogens with one attached hydrogen (secondary N) is 1. The van der Waals surface area contributed by atoms with Crippen molar-refractivity contribution in [1.29, 1.82) is 0 Å². The molecule has 1 aliphatic heterocycles. The van der Waals surface area contributed by atoms with Gasteiger partial charge in [-0.05, 0) is 19.4 Å². The Labute approximate surface area is 108 Å². The molecule has 18 heavy (non-hydrogen) atoms. The number of hydrogen-bond donors (Lipinski definition) is 2. The molecule has 0 unspecified atom stereocenters. The number of primary amides is 1. The van der Waals surface area contributed by atoms with E-state index in [0.29, 0.717) is 13.1 Å². The predicted octanol–water partition coefficient (Wildman–Crippen LogP) is -0.994. The summed E-state index contributed by atoms with van der Waals surface area (Å²) in [7, 11) is 0. The number of rotatable bonds is 6. The van der Waals surface area contributed by atoms with Crippen molar-refractivity contribution in [1.82, 2.24) is 15.1 Å². The van der Waals surface area contributed by atoms with Crippen molar-refractivity contribution in [2.24, 2.45) is 5.73 Å². The summed E-state index contributed by atoms with van der Waals surface area (Å²) < 4.78 is 0. The van der Waals surface area contributed by atoms with Crippen LogP contribution in [0.5, 0.6) is 0 Å². The molecule has 1 rings (SSSR count). The topological polar surface area (TPSA) is 78.7 Å². The van der Waals surface area contributed by atoms with Gasteiger partial charge >= 0.3 is 0 Å². The normalized spacial score (nSPS) is 17.5. The number of amides is 2. The molecule has 0 aromatic carbocycles. The fraction of sp³-hybridized carbons (Fsp3) is 0.833. The Morgan fingerprint density at radius 2 is 2.00 bits per heavy atom. The number of hydrogen-bond acceptors (Lipinski definition) is 4. The smallest absolute Gasteiger partial charge is 0.236 e. The summed E-state index contributed by atoms with van der Waals surface area (Å²) in [5.41, 5.74) is 5.18. The predicted molar refractivity (Wildman–Crippen MR) is 70.0 cm³/mol. The van der Waals surface area contributed by atoms with Gasteiger partial charge < -0.3 is 16.0 Å². The van der Waals surface area contributed by atoms with E-state index in [1.54, 1.807) is 0 Å². The number of carbonyl (C=O) groups is 2. The second kappa shape index (κ2) is 8.05. The van der Waals surface area contributed by atoms with Crippen LogP contribution < -0.4 is 11.1 Å². The van der Waals surface area contributed by atoms with Crippen LogP contribution in [0.1, 0.15) is 19.8 Å². The number of nitrogens with zero attached hydrogens (tertiary/aromatic N) is 2. The number of nitrogens with two attached hydrogens (primary N) is 1. The van der Waals surface area contributed by atoms with Crippen molar-refractivity contribution in [2.45, 2.75) is 19.8 Å². The van der Waals surface area contributed by atoms with Crippen LogP contribution in [0, 0.1) is 0 Å². The van der Waals surface area contributed by atoms with Gasteiger partial charge in [0.15, 0.2) is 0 Å². The fourth-order valence-electron chi connectivity index (χ4n) is 2.08. The van der Waals surface area contributed by atoms with E-state index in [9.17, 15) is 9.59 Å². The van der Waals surface area contributed by atoms with E-state index in [-0.39, 0.29) is 18.4 Å². The molecule has 6 nitrogen and oxygen atoms in total. The van der Waals surface area contributed by atoms with Crippen LogP contribution >= 0.6 is 0 Å². The van der Waals surface area contributed by atoms with Gasteiger partial charge in [0, 0.05) is 26.2 Å². The molecule has 0 radical (unpaired) electrons. The van der Waals surface area contributed by atoms with Gasteiger partial charge in [0.2, 0.25) is 11.8 Å². The average Bonchev–Trinajstić information content (AvgIpc) is 2.54. The minimum absolute atomic E-state index is 0.143. The van der Waals surface area contributed by atoms with Crippen LogP contribution in [0.15, 0.2) is 0 Å². The highest BCUT2D eigenvalue weighted by molar-refractivity contribution is 5.78. The van der Waals surface area contributed by atoms with E-state index < -0.39 is 0 Å². The summed E-state index contributed by atoms with van der Waals surface area (Å²) in [6.45, 7) is 6.64. The molecular weight excluding hydrogens is 232 g/mol. The Morgan fingerprint density at radius 1 is 1.22 bits per heavy atom. The molecule has 1 heterocycles. The first-order chi connectivity index (χ1) is 8.63. The van der Waals surface area contributed by atoms with Crippen LogP contribution in [0.25, 0.3) is 0 Å². The highest BCUT2D eigenvalue weighted by Crippen LogP contribution is 2.02. The van der Waals surface area contributed by atoms with Gasteiger partial charge in [-0.15, -0.1) is 0 Å². The lowest BCUT2D eigenvalue weighted by Gasteiger charge is -2.21. The molecule has 0 saturated carbocycles. The zero-order valence-corrected chi connectivity index (χ0v) is 11.2. The maximum atomic E-state index is 11.9. The molecule has 0 spiro atoms. The Bertz CT molecular complexity index is 283. The molecule has 0 aromatic rings. The third kappa shape index (κ3) is 5.46. The van der Waals surface area contributed by atoms with E-state index in [1.807, 2.05) is 9.80 Å². The molecule has 1 fully saturated rings. The first-order valence-corrected chi connectivity index (χ1v) is 6.62. The van der Waals surface area contributed by atoms with Gasteiger partial charge in [-0.25, -0.2) is 0 Å². The molecule has 104 valence electrons. The van der Waals surface area contributed by atoms with Crippen molar-refractivity contribution >= 4 is 11.8 Å². The lowest BCUT2D eigenvalue weighted by molar-refractivity contribution is -0.130. The van der Waals surface area contributed by atoms with Crippen LogP contribution in [0.2, 0.25) is 0 Å². The first kappa shape index (κ1) is 14.9. The van der Waals surface area contributed by atoms with Crippen molar-refractivity contribution in [3.63, 3.8) is 0 Å². The largest absolute Gasteiger partial charge is 0.369 e. The van der Waals surface area contributed by atoms with E-state index in [2.05, 4.69) is 12.2 Å². The Balaban J connectivity index is 2.32. The van der Waals surface area contributed by atoms with Gasteiger partial charge in [0.05, 0.1) is 13.1 Å². The quantitative estimate of drug-likeness (QED) is 0.598. The van der Waals surface area contributed by atoms with Gasteiger partial charge in [-0.1, -0.05) is 6.92 Å². The first-order valence-electron chi connectivity index (χ1n) is 6.62. The third-order valence-electron chi connectivity index (χ3n) is 3.02. The molecule has 6 heteroatoms. The summed E-state index contributed by atoms with van der Waals surface area (Å²) in [4.78, 5) is 26.6. The minimum atomic E-state index is -0.306. The SMILES string of the molecule is CCCNCC(=O)N1CCCN(CC(N)=O)CC1. The number of carbonyl (C=O) groups excluding carboxylic acids is 2. The highest BCUT2D eigenvalue weighted by Gasteiger charge is 2.19. The molecule has 2 amide bonds. The molecule has 0 atom stereocenters. The molecule has 0 aliphatic carbocycles. The van der Waals surface area contributed by atoms with E-state index in [0.717, 1.165) is 39.0 Å². The van der Waals surface area contributed by atoms with E-state index in [1.165, 1.54) is 0 Å². The summed E-state index contributed by atoms with van der Waals surface area (Å²) in [6, 6.07) is 0. The molecular formula is C12H24N4O2. The van der Waals surface area contributed by atoms with Crippen LogP contribution in [0.4, 0.5) is 0 Å². The monoisotopic (exact) mass is 256 g/mol. The molecule has 0 bridgehead atoms. The molecule has 3 N–H and O–H groups in total. The molecule has 1 aliphatic rings. The zero-order valence-electron chi connectivity index (χ0n) is 11.2. The Morgan fingerprint density at radius 3 is 2.67 bits per heavy atom. The van der Waals surface area contributed by atoms with Crippen molar-refractivity contribution in [3.8, 4) is 0 Å². The maximum absolute atomic E-state index is 11.9. The third-order valence-corrected chi connectivity index (χ3v) is 3.02. The highest BCUT2D eigenvalue weighted by atomic mass is 16.2. The van der Waals surface area contributed by atoms with Crippen LogP contribution in [-0.2, 0) is 9.59 Å². The van der Waals surface area contributed by atoms with Crippen LogP contribution in [-0.4, -0.2) is 67.4 Å². The maximum Gasteiger partial charge on any atom is 0.236 e. The second-order valence-electron chi connectivity index (χ2n) is 4.65. The summed E-state index contributed by atoms with van der Waals surface area (Å²) >= 11 is 0. The van der Waals surface area contributed by atoms with Crippen molar-refractivity contribution < 1.29 is 9.59 Å². The second-order valence-corrected chi connectivity index (χ2v) is 4.65. The summed E-state index contributed by atoms with van der Waals surface area (Å²) in [6.07, 6.45) is 1.92. The zero-order chi connectivity index (χ0) is 13.4. The van der Waals surface area contributed by atoms with Gasteiger partial charge in [0.25, 0.3) is 0 Å². The molecule has 0 aromatic heterocycles. The van der Waals surface area contributed by atoms with Gasteiger partial charge in [-0.3, -0.25) is 14.5 Å². The summed E-state index contributed by atoms with van der Waals surface area (Å²) in [5, 5.41) is 3.12. The van der Waals surface area contributed by atoms with Gasteiger partial charge in [0.1, 0.15) is 0 Å². The summed E-state index contributed by atoms with van der Waals surface area (Å²) in [5.74, 6) is -0.163. The van der Waals surface area contributed by atoms with Crippen molar-refractivity contribution in [3.05, 3.63) is 0 Å². The Hall–Kier alpha value is -1.14. The van der Waals surface area contributed by atoms with Gasteiger partial charge in [-0.2, -0.15) is 0 Å². The van der Waals surface area contributed by atoms with Crippen LogP contribution in [0.3, 0.4) is 0 Å². The Kier molecular flexibility index (Phi) is 6.67. The van der Waals surface area contributed by atoms with E-state index in [4.69, 9.17) is 5.73 Å². The van der Waals surface area contributed by atoms with Crippen molar-refractivity contribution in [2.75, 3.05) is 45.8 Å². The lowest BCUT2D eigenvalue weighted by Crippen LogP contribution is -2.41. The minimum Gasteiger partial charge on any atom is -0.369 e. The molecule has 1 saturated heterocycles. The fourth-order valence-corrected chi connectivity index (χ4v) is 2.08. The van der Waals surface area contributed by atoms with E-state index >= 15 is 0 Å². The average molecular weight is 256 g/mol.